The summed E-state index contributed by atoms with van der Waals surface area (Å²) in [5.74, 6) is -0.972. The number of carbonyl (C=O) groups is 3. The van der Waals surface area contributed by atoms with Crippen molar-refractivity contribution in [1.29, 1.82) is 0 Å². The second-order valence-electron chi connectivity index (χ2n) is 7.48. The highest BCUT2D eigenvalue weighted by Crippen LogP contribution is 2.36. The van der Waals surface area contributed by atoms with Gasteiger partial charge >= 0.3 is 0 Å². The smallest absolute Gasteiger partial charge is 0.255 e. The van der Waals surface area contributed by atoms with Gasteiger partial charge in [0, 0.05) is 22.4 Å². The summed E-state index contributed by atoms with van der Waals surface area (Å²) in [6.07, 6.45) is 0. The molecule has 0 unspecified atom stereocenters. The van der Waals surface area contributed by atoms with Crippen LogP contribution in [0.4, 0.5) is 11.4 Å². The number of ether oxygens (including phenoxy) is 2. The van der Waals surface area contributed by atoms with Gasteiger partial charge in [0.25, 0.3) is 11.8 Å². The van der Waals surface area contributed by atoms with Gasteiger partial charge in [0.1, 0.15) is 0 Å². The number of hydrogen-bond donors (Lipinski definition) is 3. The second kappa shape index (κ2) is 9.49. The molecule has 2 aromatic carbocycles. The van der Waals surface area contributed by atoms with Crippen LogP contribution in [0.15, 0.2) is 36.4 Å². The van der Waals surface area contributed by atoms with Gasteiger partial charge in [-0.2, -0.15) is 0 Å². The Bertz CT molecular complexity index is 970. The Labute approximate surface area is 179 Å². The molecule has 8 nitrogen and oxygen atoms in total. The van der Waals surface area contributed by atoms with Crippen molar-refractivity contribution in [3.8, 4) is 11.5 Å². The fourth-order valence-electron chi connectivity index (χ4n) is 2.33. The molecule has 0 saturated carbocycles. The molecule has 0 spiro atoms. The molecule has 160 valence electrons. The maximum atomic E-state index is 12.7. The predicted molar refractivity (Wildman–Crippen MR) is 115 cm³/mol. The molecule has 0 heterocycles. The van der Waals surface area contributed by atoms with Crippen LogP contribution in [0.25, 0.3) is 0 Å². The standard InChI is InChI=1S/C21H24ClN3O5/c1-21(2,3)20(28)25-14-7-5-6-13(10-14)24-19(27)12-8-15(22)18(16(9-12)29-4)30-11-17(23)26/h5-10H,11H2,1-4H3,(H2,23,26)(H,24,27)(H,25,28). The third kappa shape index (κ3) is 6.12. The Morgan fingerprint density at radius 1 is 1.07 bits per heavy atom. The Hall–Kier alpha value is -3.26. The van der Waals surface area contributed by atoms with E-state index in [0.717, 1.165) is 0 Å². The van der Waals surface area contributed by atoms with Crippen molar-refractivity contribution in [2.24, 2.45) is 11.1 Å². The summed E-state index contributed by atoms with van der Waals surface area (Å²) in [5, 5.41) is 5.64. The topological polar surface area (TPSA) is 120 Å². The third-order valence-corrected chi connectivity index (χ3v) is 4.19. The van der Waals surface area contributed by atoms with E-state index >= 15 is 0 Å². The largest absolute Gasteiger partial charge is 0.493 e. The van der Waals surface area contributed by atoms with E-state index in [1.54, 1.807) is 24.3 Å². The molecule has 0 aliphatic heterocycles. The Kier molecular flexibility index (Phi) is 7.28. The van der Waals surface area contributed by atoms with Gasteiger partial charge in [-0.05, 0) is 30.3 Å². The van der Waals surface area contributed by atoms with E-state index in [0.29, 0.717) is 11.4 Å². The van der Waals surface area contributed by atoms with Crippen LogP contribution < -0.4 is 25.8 Å². The Balaban J connectivity index is 2.20. The van der Waals surface area contributed by atoms with E-state index in [1.165, 1.54) is 19.2 Å². The first-order valence-electron chi connectivity index (χ1n) is 9.02. The monoisotopic (exact) mass is 433 g/mol. The zero-order valence-electron chi connectivity index (χ0n) is 17.2. The number of nitrogens with two attached hydrogens (primary N) is 1. The lowest BCUT2D eigenvalue weighted by Gasteiger charge is -2.18. The lowest BCUT2D eigenvalue weighted by Crippen LogP contribution is -2.27. The van der Waals surface area contributed by atoms with Crippen LogP contribution in [0, 0.1) is 5.41 Å². The fraction of sp³-hybridized carbons (Fsp3) is 0.286. The summed E-state index contributed by atoms with van der Waals surface area (Å²) in [6, 6.07) is 9.59. The molecule has 4 N–H and O–H groups in total. The lowest BCUT2D eigenvalue weighted by molar-refractivity contribution is -0.123. The SMILES string of the molecule is COc1cc(C(=O)Nc2cccc(NC(=O)C(C)(C)C)c2)cc(Cl)c1OCC(N)=O. The van der Waals surface area contributed by atoms with Crippen molar-refractivity contribution < 1.29 is 23.9 Å². The first kappa shape index (κ1) is 23.0. The van der Waals surface area contributed by atoms with Gasteiger partial charge in [0.15, 0.2) is 18.1 Å². The van der Waals surface area contributed by atoms with Crippen molar-refractivity contribution in [3.05, 3.63) is 47.0 Å². The highest BCUT2D eigenvalue weighted by Gasteiger charge is 2.21. The number of methoxy groups -OCH3 is 1. The van der Waals surface area contributed by atoms with Crippen LogP contribution >= 0.6 is 11.6 Å². The molecule has 2 rings (SSSR count). The maximum absolute atomic E-state index is 12.7. The van der Waals surface area contributed by atoms with Gasteiger partial charge in [-0.25, -0.2) is 0 Å². The van der Waals surface area contributed by atoms with Gasteiger partial charge in [-0.15, -0.1) is 0 Å². The van der Waals surface area contributed by atoms with Crippen molar-refractivity contribution in [3.63, 3.8) is 0 Å². The molecular weight excluding hydrogens is 410 g/mol. The van der Waals surface area contributed by atoms with E-state index < -0.39 is 17.2 Å². The molecule has 0 bridgehead atoms. The first-order valence-corrected chi connectivity index (χ1v) is 9.40. The van der Waals surface area contributed by atoms with Crippen LogP contribution in [0.3, 0.4) is 0 Å². The first-order chi connectivity index (χ1) is 14.0. The van der Waals surface area contributed by atoms with E-state index in [4.69, 9.17) is 26.8 Å². The van der Waals surface area contributed by atoms with Crippen LogP contribution in [-0.2, 0) is 9.59 Å². The Morgan fingerprint density at radius 2 is 1.70 bits per heavy atom. The van der Waals surface area contributed by atoms with E-state index in [2.05, 4.69) is 10.6 Å². The molecule has 0 aromatic heterocycles. The van der Waals surface area contributed by atoms with Crippen LogP contribution in [-0.4, -0.2) is 31.4 Å². The highest BCUT2D eigenvalue weighted by atomic mass is 35.5. The summed E-state index contributed by atoms with van der Waals surface area (Å²) < 4.78 is 10.5. The highest BCUT2D eigenvalue weighted by molar-refractivity contribution is 6.32. The molecular formula is C21H24ClN3O5. The molecule has 2 aromatic rings. The predicted octanol–water partition coefficient (Wildman–Crippen LogP) is 3.45. The normalized spacial score (nSPS) is 10.8. The number of primary amides is 1. The molecule has 0 aliphatic rings. The van der Waals surface area contributed by atoms with Gasteiger partial charge in [-0.1, -0.05) is 38.4 Å². The van der Waals surface area contributed by atoms with Gasteiger partial charge in [-0.3, -0.25) is 14.4 Å². The minimum Gasteiger partial charge on any atom is -0.493 e. The van der Waals surface area contributed by atoms with E-state index in [1.807, 2.05) is 20.8 Å². The van der Waals surface area contributed by atoms with Crippen molar-refractivity contribution in [2.75, 3.05) is 24.4 Å². The van der Waals surface area contributed by atoms with Gasteiger partial charge < -0.3 is 25.8 Å². The summed E-state index contributed by atoms with van der Waals surface area (Å²) in [6.45, 7) is 5.04. The molecule has 30 heavy (non-hydrogen) atoms. The molecule has 0 aliphatic carbocycles. The number of anilines is 2. The Morgan fingerprint density at radius 3 is 2.27 bits per heavy atom. The van der Waals surface area contributed by atoms with Crippen LogP contribution in [0.2, 0.25) is 5.02 Å². The van der Waals surface area contributed by atoms with Crippen molar-refractivity contribution in [2.45, 2.75) is 20.8 Å². The van der Waals surface area contributed by atoms with Crippen molar-refractivity contribution in [1.82, 2.24) is 0 Å². The molecule has 9 heteroatoms. The number of halogens is 1. The molecule has 0 atom stereocenters. The van der Waals surface area contributed by atoms with E-state index in [-0.39, 0.29) is 34.6 Å². The lowest BCUT2D eigenvalue weighted by atomic mass is 9.95. The summed E-state index contributed by atoms with van der Waals surface area (Å²) >= 11 is 6.18. The quantitative estimate of drug-likeness (QED) is 0.617. The summed E-state index contributed by atoms with van der Waals surface area (Å²) in [5.41, 5.74) is 5.77. The number of carbonyl (C=O) groups excluding carboxylic acids is 3. The molecule has 0 saturated heterocycles. The second-order valence-corrected chi connectivity index (χ2v) is 7.89. The molecule has 0 radical (unpaired) electrons. The fourth-order valence-corrected chi connectivity index (χ4v) is 2.60. The van der Waals surface area contributed by atoms with Gasteiger partial charge in [0.05, 0.1) is 12.1 Å². The van der Waals surface area contributed by atoms with E-state index in [9.17, 15) is 14.4 Å². The van der Waals surface area contributed by atoms with Crippen LogP contribution in [0.5, 0.6) is 11.5 Å². The maximum Gasteiger partial charge on any atom is 0.255 e. The summed E-state index contributed by atoms with van der Waals surface area (Å²) in [7, 11) is 1.38. The molecule has 0 fully saturated rings. The van der Waals surface area contributed by atoms with Crippen LogP contribution in [0.1, 0.15) is 31.1 Å². The molecule has 3 amide bonds. The zero-order chi connectivity index (χ0) is 22.5. The number of hydrogen-bond acceptors (Lipinski definition) is 5. The van der Waals surface area contributed by atoms with Crippen molar-refractivity contribution >= 4 is 40.7 Å². The number of benzene rings is 2. The number of nitrogens with one attached hydrogen (secondary N) is 2. The minimum absolute atomic E-state index is 0.0898. The number of rotatable bonds is 7. The minimum atomic E-state index is -0.673. The average molecular weight is 434 g/mol. The third-order valence-electron chi connectivity index (χ3n) is 3.91. The zero-order valence-corrected chi connectivity index (χ0v) is 17.9. The van der Waals surface area contributed by atoms with Gasteiger partial charge in [0.2, 0.25) is 5.91 Å². The summed E-state index contributed by atoms with van der Waals surface area (Å²) in [4.78, 5) is 35.8. The number of amides is 3. The average Bonchev–Trinajstić information content (AvgIpc) is 2.65.